The van der Waals surface area contributed by atoms with E-state index in [1.807, 2.05) is 12.2 Å². The van der Waals surface area contributed by atoms with Gasteiger partial charge < -0.3 is 15.8 Å². The Morgan fingerprint density at radius 2 is 2.39 bits per heavy atom. The first-order chi connectivity index (χ1) is 8.37. The number of carbonyl (C=O) groups excluding carboxylic acids is 1. The zero-order valence-electron chi connectivity index (χ0n) is 9.15. The Morgan fingerprint density at radius 1 is 1.67 bits per heavy atom. The highest BCUT2D eigenvalue weighted by Gasteiger charge is 2.37. The van der Waals surface area contributed by atoms with Gasteiger partial charge in [0.05, 0.1) is 6.04 Å². The van der Waals surface area contributed by atoms with Crippen LogP contribution in [0.5, 0.6) is 0 Å². The van der Waals surface area contributed by atoms with E-state index in [-0.39, 0.29) is 18.6 Å². The van der Waals surface area contributed by atoms with E-state index in [2.05, 4.69) is 10.3 Å². The molecule has 0 bridgehead atoms. The van der Waals surface area contributed by atoms with E-state index < -0.39 is 16.1 Å². The number of guanidine groups is 1. The molecule has 0 radical (unpaired) electrons. The van der Waals surface area contributed by atoms with Crippen LogP contribution in [0.3, 0.4) is 0 Å². The molecule has 0 spiro atoms. The maximum atomic E-state index is 11.9. The van der Waals surface area contributed by atoms with Crippen molar-refractivity contribution in [1.82, 2.24) is 10.2 Å². The van der Waals surface area contributed by atoms with Crippen LogP contribution in [0.4, 0.5) is 4.79 Å². The number of alkyl halides is 3. The first-order valence-corrected chi connectivity index (χ1v) is 6.27. The predicted octanol–water partition coefficient (Wildman–Crippen LogP) is 0.978. The zero-order chi connectivity index (χ0) is 13.3. The molecular formula is C9H11Cl3N4O2. The standard InChI is InChI=1S/C9H11Cl3N4O2/c10-9(11,12)4-18-8(17)16-3-1-2-5-6(16)15-7(13)14-5/h1-2,5-6H,3-4H2,(H3,13,14,15)/t5-,6+/m0/s1. The van der Waals surface area contributed by atoms with Crippen LogP contribution in [0.15, 0.2) is 17.1 Å². The van der Waals surface area contributed by atoms with Crippen molar-refractivity contribution >= 4 is 46.9 Å². The lowest BCUT2D eigenvalue weighted by Crippen LogP contribution is -2.50. The van der Waals surface area contributed by atoms with Crippen LogP contribution >= 0.6 is 34.8 Å². The minimum absolute atomic E-state index is 0.140. The summed E-state index contributed by atoms with van der Waals surface area (Å²) < 4.78 is 3.28. The molecule has 0 aromatic rings. The van der Waals surface area contributed by atoms with Crippen molar-refractivity contribution in [2.75, 3.05) is 13.2 Å². The molecule has 2 aliphatic rings. The fourth-order valence-electron chi connectivity index (χ4n) is 1.75. The number of nitrogens with zero attached hydrogens (tertiary/aromatic N) is 2. The second-order valence-electron chi connectivity index (χ2n) is 3.85. The Morgan fingerprint density at radius 3 is 3.06 bits per heavy atom. The highest BCUT2D eigenvalue weighted by atomic mass is 35.6. The summed E-state index contributed by atoms with van der Waals surface area (Å²) in [5.41, 5.74) is 5.56. The SMILES string of the molecule is NC1=N[C@H]2[C@H](C=CCN2C(=O)OCC(Cl)(Cl)Cl)N1. The number of nitrogens with two attached hydrogens (primary N) is 1. The van der Waals surface area contributed by atoms with Gasteiger partial charge in [-0.25, -0.2) is 9.79 Å². The van der Waals surface area contributed by atoms with Crippen molar-refractivity contribution in [3.63, 3.8) is 0 Å². The summed E-state index contributed by atoms with van der Waals surface area (Å²) >= 11 is 16.5. The fourth-order valence-corrected chi connectivity index (χ4v) is 1.92. The van der Waals surface area contributed by atoms with Gasteiger partial charge in [-0.3, -0.25) is 4.90 Å². The molecule has 1 amide bonds. The Balaban J connectivity index is 2.00. The monoisotopic (exact) mass is 312 g/mol. The second-order valence-corrected chi connectivity index (χ2v) is 6.36. The molecular weight excluding hydrogens is 302 g/mol. The summed E-state index contributed by atoms with van der Waals surface area (Å²) in [6, 6.07) is -0.140. The van der Waals surface area contributed by atoms with Crippen molar-refractivity contribution < 1.29 is 9.53 Å². The fraction of sp³-hybridized carbons (Fsp3) is 0.556. The van der Waals surface area contributed by atoms with Crippen LogP contribution in [0, 0.1) is 0 Å². The number of aliphatic imine (C=N–C) groups is 1. The van der Waals surface area contributed by atoms with Gasteiger partial charge in [0.1, 0.15) is 6.61 Å². The number of rotatable bonds is 1. The van der Waals surface area contributed by atoms with Crippen molar-refractivity contribution in [2.45, 2.75) is 16.0 Å². The highest BCUT2D eigenvalue weighted by molar-refractivity contribution is 6.67. The molecule has 0 aliphatic carbocycles. The molecule has 100 valence electrons. The summed E-state index contributed by atoms with van der Waals surface area (Å²) in [5, 5.41) is 2.93. The lowest BCUT2D eigenvalue weighted by molar-refractivity contribution is 0.0897. The summed E-state index contributed by atoms with van der Waals surface area (Å²) in [6.07, 6.45) is 2.70. The largest absolute Gasteiger partial charge is 0.445 e. The van der Waals surface area contributed by atoms with Crippen molar-refractivity contribution in [2.24, 2.45) is 10.7 Å². The van der Waals surface area contributed by atoms with Gasteiger partial charge in [0.2, 0.25) is 3.79 Å². The molecule has 0 fully saturated rings. The molecule has 2 atom stereocenters. The molecule has 0 saturated heterocycles. The average molecular weight is 314 g/mol. The Labute approximate surface area is 119 Å². The number of halogens is 3. The van der Waals surface area contributed by atoms with Gasteiger partial charge in [-0.1, -0.05) is 47.0 Å². The summed E-state index contributed by atoms with van der Waals surface area (Å²) in [6.45, 7) is 0.0546. The third-order valence-electron chi connectivity index (χ3n) is 2.47. The minimum Gasteiger partial charge on any atom is -0.445 e. The van der Waals surface area contributed by atoms with Crippen LogP contribution in [0.1, 0.15) is 0 Å². The summed E-state index contributed by atoms with van der Waals surface area (Å²) in [4.78, 5) is 17.4. The number of hydrogen-bond acceptors (Lipinski definition) is 5. The Kier molecular flexibility index (Phi) is 3.79. The van der Waals surface area contributed by atoms with E-state index in [0.29, 0.717) is 6.54 Å². The van der Waals surface area contributed by atoms with E-state index in [0.717, 1.165) is 0 Å². The van der Waals surface area contributed by atoms with Crippen LogP contribution < -0.4 is 11.1 Å². The molecule has 2 rings (SSSR count). The molecule has 9 heteroatoms. The van der Waals surface area contributed by atoms with Crippen LogP contribution in [-0.4, -0.2) is 46.1 Å². The Bertz CT molecular complexity index is 407. The molecule has 0 aromatic heterocycles. The van der Waals surface area contributed by atoms with Gasteiger partial charge >= 0.3 is 6.09 Å². The predicted molar refractivity (Wildman–Crippen MR) is 69.8 cm³/mol. The van der Waals surface area contributed by atoms with Crippen molar-refractivity contribution in [3.8, 4) is 0 Å². The number of amides is 1. The van der Waals surface area contributed by atoms with Gasteiger partial charge in [0.25, 0.3) is 0 Å². The third kappa shape index (κ3) is 3.13. The average Bonchev–Trinajstić information content (AvgIpc) is 2.64. The van der Waals surface area contributed by atoms with Gasteiger partial charge in [0.15, 0.2) is 12.1 Å². The molecule has 6 nitrogen and oxygen atoms in total. The minimum atomic E-state index is -1.63. The van der Waals surface area contributed by atoms with Crippen LogP contribution in [-0.2, 0) is 4.74 Å². The maximum absolute atomic E-state index is 11.9. The van der Waals surface area contributed by atoms with E-state index in [1.165, 1.54) is 4.90 Å². The van der Waals surface area contributed by atoms with Crippen molar-refractivity contribution in [3.05, 3.63) is 12.2 Å². The first kappa shape index (κ1) is 13.6. The smallest absolute Gasteiger partial charge is 0.412 e. The number of ether oxygens (including phenoxy) is 1. The van der Waals surface area contributed by atoms with Crippen LogP contribution in [0.25, 0.3) is 0 Å². The first-order valence-electron chi connectivity index (χ1n) is 5.13. The number of hydrogen-bond donors (Lipinski definition) is 2. The molecule has 2 aliphatic heterocycles. The molecule has 3 N–H and O–H groups in total. The van der Waals surface area contributed by atoms with Gasteiger partial charge in [-0.2, -0.15) is 0 Å². The maximum Gasteiger partial charge on any atom is 0.412 e. The summed E-state index contributed by atoms with van der Waals surface area (Å²) in [5.74, 6) is 0.288. The van der Waals surface area contributed by atoms with Crippen LogP contribution in [0.2, 0.25) is 0 Å². The molecule has 18 heavy (non-hydrogen) atoms. The molecule has 2 heterocycles. The molecule has 0 unspecified atom stereocenters. The molecule has 0 aromatic carbocycles. The van der Waals surface area contributed by atoms with Crippen molar-refractivity contribution in [1.29, 1.82) is 0 Å². The van der Waals surface area contributed by atoms with E-state index in [1.54, 1.807) is 0 Å². The topological polar surface area (TPSA) is 80.0 Å². The van der Waals surface area contributed by atoms with E-state index in [9.17, 15) is 4.79 Å². The number of fused-ring (bicyclic) bond motifs is 1. The quantitative estimate of drug-likeness (QED) is 0.558. The third-order valence-corrected chi connectivity index (χ3v) is 2.79. The highest BCUT2D eigenvalue weighted by Crippen LogP contribution is 2.27. The Hall–Kier alpha value is -0.850. The summed E-state index contributed by atoms with van der Waals surface area (Å²) in [7, 11) is 0. The number of carbonyl (C=O) groups is 1. The zero-order valence-corrected chi connectivity index (χ0v) is 11.4. The van der Waals surface area contributed by atoms with Gasteiger partial charge in [0, 0.05) is 6.54 Å². The lowest BCUT2D eigenvalue weighted by Gasteiger charge is -2.31. The normalized spacial score (nSPS) is 26.4. The lowest BCUT2D eigenvalue weighted by atomic mass is 10.1. The van der Waals surface area contributed by atoms with E-state index >= 15 is 0 Å². The molecule has 0 saturated carbocycles. The van der Waals surface area contributed by atoms with Gasteiger partial charge in [-0.15, -0.1) is 0 Å². The number of nitrogens with one attached hydrogen (secondary N) is 1. The van der Waals surface area contributed by atoms with Gasteiger partial charge in [-0.05, 0) is 0 Å². The second kappa shape index (κ2) is 5.03. The van der Waals surface area contributed by atoms with E-state index in [4.69, 9.17) is 45.3 Å².